The Kier molecular flexibility index (Phi) is 4.08. The fourth-order valence-corrected chi connectivity index (χ4v) is 4.57. The number of benzene rings is 1. The van der Waals surface area contributed by atoms with Crippen LogP contribution in [-0.4, -0.2) is 44.1 Å². The lowest BCUT2D eigenvalue weighted by atomic mass is 10.0. The molecule has 0 radical (unpaired) electrons. The molecular formula is C15H24N2O3S. The summed E-state index contributed by atoms with van der Waals surface area (Å²) in [6.45, 7) is 8.38. The number of rotatable bonds is 3. The van der Waals surface area contributed by atoms with Crippen molar-refractivity contribution in [3.8, 4) is 0 Å². The zero-order valence-corrected chi connectivity index (χ0v) is 14.1. The molecular weight excluding hydrogens is 288 g/mol. The summed E-state index contributed by atoms with van der Waals surface area (Å²) in [6, 6.07) is 6.81. The van der Waals surface area contributed by atoms with Gasteiger partial charge in [0, 0.05) is 25.8 Å². The topological polar surface area (TPSA) is 58.6 Å². The van der Waals surface area contributed by atoms with E-state index < -0.39 is 21.2 Å². The Morgan fingerprint density at radius 3 is 1.95 bits per heavy atom. The standard InChI is InChI=1S/C15H24N2O3S/c1-14(2)10-17(11-15(3,4)20-14)21(18,19)13-8-6-12(16-5)7-9-13/h6-9,16H,10-11H2,1-5H3. The molecule has 1 aliphatic heterocycles. The molecule has 0 aliphatic carbocycles. The fourth-order valence-electron chi connectivity index (χ4n) is 2.83. The molecule has 1 heterocycles. The van der Waals surface area contributed by atoms with Crippen LogP contribution in [0.2, 0.25) is 0 Å². The summed E-state index contributed by atoms with van der Waals surface area (Å²) in [5, 5.41) is 2.98. The summed E-state index contributed by atoms with van der Waals surface area (Å²) in [5.74, 6) is 0. The Morgan fingerprint density at radius 1 is 1.05 bits per heavy atom. The first-order chi connectivity index (χ1) is 9.56. The third-order valence-corrected chi connectivity index (χ3v) is 5.25. The SMILES string of the molecule is CNc1ccc(S(=O)(=O)N2CC(C)(C)OC(C)(C)C2)cc1. The molecule has 0 saturated carbocycles. The number of nitrogens with zero attached hydrogens (tertiary/aromatic N) is 1. The maximum absolute atomic E-state index is 12.8. The van der Waals surface area contributed by atoms with Crippen molar-refractivity contribution in [1.82, 2.24) is 4.31 Å². The summed E-state index contributed by atoms with van der Waals surface area (Å²) in [6.07, 6.45) is 0. The van der Waals surface area contributed by atoms with Crippen molar-refractivity contribution in [3.63, 3.8) is 0 Å². The molecule has 1 saturated heterocycles. The Hall–Kier alpha value is -1.11. The maximum Gasteiger partial charge on any atom is 0.243 e. The normalized spacial score (nSPS) is 22.0. The van der Waals surface area contributed by atoms with Gasteiger partial charge in [0.1, 0.15) is 0 Å². The van der Waals surface area contributed by atoms with Gasteiger partial charge in [-0.1, -0.05) is 0 Å². The minimum Gasteiger partial charge on any atom is -0.388 e. The minimum absolute atomic E-state index is 0.315. The van der Waals surface area contributed by atoms with Crippen LogP contribution in [0, 0.1) is 0 Å². The molecule has 0 spiro atoms. The number of anilines is 1. The fraction of sp³-hybridized carbons (Fsp3) is 0.600. The van der Waals surface area contributed by atoms with Crippen molar-refractivity contribution < 1.29 is 13.2 Å². The van der Waals surface area contributed by atoms with E-state index in [-0.39, 0.29) is 0 Å². The number of ether oxygens (including phenoxy) is 1. The van der Waals surface area contributed by atoms with E-state index in [9.17, 15) is 8.42 Å². The van der Waals surface area contributed by atoms with Gasteiger partial charge in [0.15, 0.2) is 0 Å². The summed E-state index contributed by atoms with van der Waals surface area (Å²) in [5.41, 5.74) is -0.115. The number of nitrogens with one attached hydrogen (secondary N) is 1. The third kappa shape index (κ3) is 3.56. The molecule has 0 aromatic heterocycles. The zero-order valence-electron chi connectivity index (χ0n) is 13.3. The van der Waals surface area contributed by atoms with E-state index in [1.165, 1.54) is 4.31 Å². The first-order valence-electron chi connectivity index (χ1n) is 7.04. The Bertz CT molecular complexity index is 590. The van der Waals surface area contributed by atoms with Crippen molar-refractivity contribution in [2.24, 2.45) is 0 Å². The average Bonchev–Trinajstić information content (AvgIpc) is 2.35. The van der Waals surface area contributed by atoms with Gasteiger partial charge in [-0.3, -0.25) is 0 Å². The van der Waals surface area contributed by atoms with E-state index >= 15 is 0 Å². The van der Waals surface area contributed by atoms with Crippen LogP contribution in [0.3, 0.4) is 0 Å². The van der Waals surface area contributed by atoms with Crippen LogP contribution < -0.4 is 5.32 Å². The molecule has 0 amide bonds. The van der Waals surface area contributed by atoms with Crippen molar-refractivity contribution >= 4 is 15.7 Å². The molecule has 2 rings (SSSR count). The Labute approximate surface area is 127 Å². The van der Waals surface area contributed by atoms with Gasteiger partial charge in [0.05, 0.1) is 16.1 Å². The quantitative estimate of drug-likeness (QED) is 0.930. The van der Waals surface area contributed by atoms with E-state index in [0.717, 1.165) is 5.69 Å². The number of hydrogen-bond donors (Lipinski definition) is 1. The van der Waals surface area contributed by atoms with Crippen LogP contribution in [0.25, 0.3) is 0 Å². The molecule has 1 N–H and O–H groups in total. The second-order valence-electron chi connectivity index (χ2n) is 6.67. The lowest BCUT2D eigenvalue weighted by molar-refractivity contribution is -0.163. The van der Waals surface area contributed by atoms with Gasteiger partial charge in [0.2, 0.25) is 10.0 Å². The van der Waals surface area contributed by atoms with E-state index in [1.54, 1.807) is 31.3 Å². The second-order valence-corrected chi connectivity index (χ2v) is 8.61. The highest BCUT2D eigenvalue weighted by atomic mass is 32.2. The minimum atomic E-state index is -3.50. The van der Waals surface area contributed by atoms with Gasteiger partial charge in [0.25, 0.3) is 0 Å². The van der Waals surface area contributed by atoms with Gasteiger partial charge in [-0.25, -0.2) is 8.42 Å². The van der Waals surface area contributed by atoms with Gasteiger partial charge >= 0.3 is 0 Å². The number of sulfonamides is 1. The summed E-state index contributed by atoms with van der Waals surface area (Å²) < 4.78 is 33.1. The highest BCUT2D eigenvalue weighted by Crippen LogP contribution is 2.31. The average molecular weight is 312 g/mol. The summed E-state index contributed by atoms with van der Waals surface area (Å²) in [7, 11) is -1.70. The number of hydrogen-bond acceptors (Lipinski definition) is 4. The van der Waals surface area contributed by atoms with Gasteiger partial charge in [-0.05, 0) is 52.0 Å². The molecule has 1 fully saturated rings. The molecule has 1 aromatic carbocycles. The summed E-state index contributed by atoms with van der Waals surface area (Å²) in [4.78, 5) is 0.315. The van der Waals surface area contributed by atoms with Crippen LogP contribution in [-0.2, 0) is 14.8 Å². The van der Waals surface area contributed by atoms with Crippen LogP contribution >= 0.6 is 0 Å². The molecule has 6 heteroatoms. The van der Waals surface area contributed by atoms with E-state index in [0.29, 0.717) is 18.0 Å². The Balaban J connectivity index is 2.33. The lowest BCUT2D eigenvalue weighted by Crippen LogP contribution is -2.58. The van der Waals surface area contributed by atoms with Crippen LogP contribution in [0.4, 0.5) is 5.69 Å². The maximum atomic E-state index is 12.8. The van der Waals surface area contributed by atoms with Gasteiger partial charge in [-0.2, -0.15) is 4.31 Å². The third-order valence-electron chi connectivity index (χ3n) is 3.45. The summed E-state index contributed by atoms with van der Waals surface area (Å²) >= 11 is 0. The molecule has 0 atom stereocenters. The van der Waals surface area contributed by atoms with Crippen LogP contribution in [0.15, 0.2) is 29.2 Å². The molecule has 118 valence electrons. The second kappa shape index (κ2) is 5.26. The number of morpholine rings is 1. The zero-order chi connectivity index (χ0) is 15.9. The van der Waals surface area contributed by atoms with E-state index in [1.807, 2.05) is 27.7 Å². The largest absolute Gasteiger partial charge is 0.388 e. The van der Waals surface area contributed by atoms with E-state index in [4.69, 9.17) is 4.74 Å². The molecule has 0 unspecified atom stereocenters. The van der Waals surface area contributed by atoms with Crippen LogP contribution in [0.5, 0.6) is 0 Å². The molecule has 5 nitrogen and oxygen atoms in total. The monoisotopic (exact) mass is 312 g/mol. The van der Waals surface area contributed by atoms with Crippen molar-refractivity contribution in [2.75, 3.05) is 25.5 Å². The van der Waals surface area contributed by atoms with Gasteiger partial charge < -0.3 is 10.1 Å². The van der Waals surface area contributed by atoms with E-state index in [2.05, 4.69) is 5.32 Å². The highest BCUT2D eigenvalue weighted by Gasteiger charge is 2.43. The van der Waals surface area contributed by atoms with Crippen molar-refractivity contribution in [3.05, 3.63) is 24.3 Å². The lowest BCUT2D eigenvalue weighted by Gasteiger charge is -2.46. The first kappa shape index (κ1) is 16.3. The molecule has 1 aliphatic rings. The van der Waals surface area contributed by atoms with Crippen molar-refractivity contribution in [2.45, 2.75) is 43.8 Å². The molecule has 1 aromatic rings. The Morgan fingerprint density at radius 2 is 1.52 bits per heavy atom. The predicted octanol–water partition coefficient (Wildman–Crippen LogP) is 2.31. The van der Waals surface area contributed by atoms with Gasteiger partial charge in [-0.15, -0.1) is 0 Å². The van der Waals surface area contributed by atoms with Crippen molar-refractivity contribution in [1.29, 1.82) is 0 Å². The first-order valence-corrected chi connectivity index (χ1v) is 8.48. The molecule has 0 bridgehead atoms. The molecule has 21 heavy (non-hydrogen) atoms. The highest BCUT2D eigenvalue weighted by molar-refractivity contribution is 7.89. The predicted molar refractivity (Wildman–Crippen MR) is 84.0 cm³/mol. The smallest absolute Gasteiger partial charge is 0.243 e. The van der Waals surface area contributed by atoms with Crippen LogP contribution in [0.1, 0.15) is 27.7 Å².